The van der Waals surface area contributed by atoms with Crippen LogP contribution in [0.5, 0.6) is 0 Å². The van der Waals surface area contributed by atoms with E-state index in [0.29, 0.717) is 18.2 Å². The van der Waals surface area contributed by atoms with Gasteiger partial charge < -0.3 is 20.0 Å². The highest BCUT2D eigenvalue weighted by atomic mass is 32.2. The zero-order chi connectivity index (χ0) is 19.4. The molecule has 144 valence electrons. The van der Waals surface area contributed by atoms with Crippen LogP contribution in [0.2, 0.25) is 0 Å². The first-order valence-corrected chi connectivity index (χ1v) is 10.1. The molecule has 4 aromatic rings. The van der Waals surface area contributed by atoms with Crippen molar-refractivity contribution in [1.82, 2.24) is 25.5 Å². The van der Waals surface area contributed by atoms with Crippen LogP contribution in [0.4, 0.5) is 5.82 Å². The Morgan fingerprint density at radius 2 is 2.07 bits per heavy atom. The van der Waals surface area contributed by atoms with E-state index in [1.165, 1.54) is 11.8 Å². The predicted molar refractivity (Wildman–Crippen MR) is 108 cm³/mol. The molecule has 9 heteroatoms. The number of carbonyl (C=O) groups excluding carboxylic acids is 1. The van der Waals surface area contributed by atoms with Crippen molar-refractivity contribution in [2.24, 2.45) is 0 Å². The molecule has 2 aliphatic heterocycles. The van der Waals surface area contributed by atoms with E-state index in [1.54, 1.807) is 6.20 Å². The van der Waals surface area contributed by atoms with Gasteiger partial charge in [0, 0.05) is 23.4 Å². The summed E-state index contributed by atoms with van der Waals surface area (Å²) in [6, 6.07) is 11.7. The molecule has 2 aliphatic rings. The Kier molecular flexibility index (Phi) is 3.65. The number of ketones is 1. The third-order valence-electron chi connectivity index (χ3n) is 5.21. The Labute approximate surface area is 169 Å². The van der Waals surface area contributed by atoms with Gasteiger partial charge in [0.05, 0.1) is 29.7 Å². The molecule has 0 amide bonds. The fourth-order valence-corrected chi connectivity index (χ4v) is 4.71. The lowest BCUT2D eigenvalue weighted by Crippen LogP contribution is -2.39. The number of H-pyrrole nitrogens is 2. The summed E-state index contributed by atoms with van der Waals surface area (Å²) < 4.78 is 6.17. The number of imidazole rings is 1. The Bertz CT molecular complexity index is 1250. The number of anilines is 1. The van der Waals surface area contributed by atoms with E-state index in [-0.39, 0.29) is 11.7 Å². The lowest BCUT2D eigenvalue weighted by Gasteiger charge is -2.30. The highest BCUT2D eigenvalue weighted by Gasteiger charge is 2.37. The van der Waals surface area contributed by atoms with Gasteiger partial charge in [-0.15, -0.1) is 0 Å². The van der Waals surface area contributed by atoms with Gasteiger partial charge in [0.2, 0.25) is 0 Å². The Balaban J connectivity index is 1.37. The summed E-state index contributed by atoms with van der Waals surface area (Å²) in [5.41, 5.74) is 4.42. The molecule has 29 heavy (non-hydrogen) atoms. The Hall–Kier alpha value is -3.30. The average Bonchev–Trinajstić information content (AvgIpc) is 3.45. The molecule has 6 rings (SSSR count). The summed E-state index contributed by atoms with van der Waals surface area (Å²) in [5.74, 6) is 1.31. The maximum Gasteiger partial charge on any atom is 0.175 e. The summed E-state index contributed by atoms with van der Waals surface area (Å²) in [4.78, 5) is 20.6. The average molecular weight is 404 g/mol. The van der Waals surface area contributed by atoms with Gasteiger partial charge >= 0.3 is 0 Å². The zero-order valence-corrected chi connectivity index (χ0v) is 16.0. The van der Waals surface area contributed by atoms with Gasteiger partial charge in [0.25, 0.3) is 0 Å². The van der Waals surface area contributed by atoms with Gasteiger partial charge in [-0.05, 0) is 36.0 Å². The molecule has 0 spiro atoms. The van der Waals surface area contributed by atoms with Crippen LogP contribution < -0.4 is 10.6 Å². The molecule has 1 unspecified atom stereocenters. The summed E-state index contributed by atoms with van der Waals surface area (Å²) in [5, 5.41) is 15.0. The van der Waals surface area contributed by atoms with Crippen LogP contribution in [0.25, 0.3) is 11.0 Å². The minimum absolute atomic E-state index is 0.0680. The minimum Gasteiger partial charge on any atom is -0.453 e. The molecule has 3 aromatic heterocycles. The summed E-state index contributed by atoms with van der Waals surface area (Å²) in [6.07, 6.45) is 1.75. The molecule has 0 fully saturated rings. The zero-order valence-electron chi connectivity index (χ0n) is 15.2. The van der Waals surface area contributed by atoms with Gasteiger partial charge in [0.15, 0.2) is 16.0 Å². The Morgan fingerprint density at radius 1 is 1.14 bits per heavy atom. The van der Waals surface area contributed by atoms with E-state index in [0.717, 1.165) is 44.6 Å². The molecule has 1 aromatic carbocycles. The molecule has 8 nitrogen and oxygen atoms in total. The molecular weight excluding hydrogens is 388 g/mol. The number of para-hydroxylation sites is 2. The van der Waals surface area contributed by atoms with Crippen molar-refractivity contribution in [3.8, 4) is 0 Å². The first kappa shape index (κ1) is 16.6. The second-order valence-electron chi connectivity index (χ2n) is 7.00. The number of furan rings is 1. The van der Waals surface area contributed by atoms with Crippen molar-refractivity contribution < 1.29 is 9.21 Å². The number of hydrogen-bond donors (Lipinski definition) is 4. The third-order valence-corrected chi connectivity index (χ3v) is 6.02. The summed E-state index contributed by atoms with van der Waals surface area (Å²) >= 11 is 1.43. The van der Waals surface area contributed by atoms with Gasteiger partial charge in [0.1, 0.15) is 11.6 Å². The smallest absolute Gasteiger partial charge is 0.175 e. The fraction of sp³-hybridized carbons (Fsp3) is 0.150. The highest BCUT2D eigenvalue weighted by Crippen LogP contribution is 2.43. The first-order chi connectivity index (χ1) is 14.3. The standard InChI is InChI=1S/C20H16N6O2S/c27-14-9-21-8-13-18(14)17(10-7-22-26-19(10)23-13)15-5-6-16(28-15)29-20-24-11-3-1-2-4-12(11)25-20/h1-7,17,21H,8-9H2,(H,24,25)(H2,22,23,26). The van der Waals surface area contributed by atoms with Crippen molar-refractivity contribution in [2.75, 3.05) is 18.4 Å². The van der Waals surface area contributed by atoms with Crippen LogP contribution in [-0.2, 0) is 4.79 Å². The molecule has 0 aliphatic carbocycles. The van der Waals surface area contributed by atoms with Crippen molar-refractivity contribution >= 4 is 34.4 Å². The number of nitrogens with one attached hydrogen (secondary N) is 4. The summed E-state index contributed by atoms with van der Waals surface area (Å²) in [7, 11) is 0. The van der Waals surface area contributed by atoms with Crippen LogP contribution in [0.1, 0.15) is 17.2 Å². The quantitative estimate of drug-likeness (QED) is 0.415. The molecule has 0 saturated heterocycles. The first-order valence-electron chi connectivity index (χ1n) is 9.26. The van der Waals surface area contributed by atoms with E-state index in [2.05, 4.69) is 30.8 Å². The van der Waals surface area contributed by atoms with Crippen molar-refractivity contribution in [3.05, 3.63) is 65.2 Å². The lowest BCUT2D eigenvalue weighted by molar-refractivity contribution is -0.115. The van der Waals surface area contributed by atoms with Crippen LogP contribution in [0.3, 0.4) is 0 Å². The number of rotatable bonds is 3. The van der Waals surface area contributed by atoms with Gasteiger partial charge in [-0.2, -0.15) is 5.10 Å². The molecule has 5 heterocycles. The lowest BCUT2D eigenvalue weighted by atomic mass is 9.82. The molecule has 0 radical (unpaired) electrons. The van der Waals surface area contributed by atoms with E-state index in [1.807, 2.05) is 36.4 Å². The second-order valence-corrected chi connectivity index (χ2v) is 7.99. The topological polar surface area (TPSA) is 112 Å². The molecule has 0 bridgehead atoms. The van der Waals surface area contributed by atoms with Crippen molar-refractivity contribution in [1.29, 1.82) is 0 Å². The largest absolute Gasteiger partial charge is 0.453 e. The SMILES string of the molecule is O=C1CNCC2=C1C(c1ccc(Sc3nc4ccccc4[nH]3)o1)c1cn[nH]c1N2. The number of fused-ring (bicyclic) bond motifs is 2. The normalized spacial score (nSPS) is 18.6. The number of aromatic amines is 2. The highest BCUT2D eigenvalue weighted by molar-refractivity contribution is 7.99. The minimum atomic E-state index is -0.278. The number of hydrogen-bond acceptors (Lipinski definition) is 7. The van der Waals surface area contributed by atoms with E-state index >= 15 is 0 Å². The maximum absolute atomic E-state index is 12.7. The van der Waals surface area contributed by atoms with Crippen LogP contribution in [0.15, 0.2) is 68.5 Å². The van der Waals surface area contributed by atoms with Crippen molar-refractivity contribution in [2.45, 2.75) is 16.2 Å². The summed E-state index contributed by atoms with van der Waals surface area (Å²) in [6.45, 7) is 0.933. The second kappa shape index (κ2) is 6.36. The van der Waals surface area contributed by atoms with E-state index in [9.17, 15) is 4.79 Å². The molecule has 4 N–H and O–H groups in total. The predicted octanol–water partition coefficient (Wildman–Crippen LogP) is 3.01. The van der Waals surface area contributed by atoms with Crippen LogP contribution in [0, 0.1) is 0 Å². The van der Waals surface area contributed by atoms with Crippen LogP contribution in [-0.4, -0.2) is 39.0 Å². The van der Waals surface area contributed by atoms with Gasteiger partial charge in [-0.25, -0.2) is 4.98 Å². The van der Waals surface area contributed by atoms with E-state index < -0.39 is 0 Å². The monoisotopic (exact) mass is 404 g/mol. The molecule has 0 saturated carbocycles. The number of benzene rings is 1. The third kappa shape index (κ3) is 2.70. The number of carbonyl (C=O) groups is 1. The van der Waals surface area contributed by atoms with E-state index in [4.69, 9.17) is 4.42 Å². The number of aromatic nitrogens is 4. The maximum atomic E-state index is 12.7. The Morgan fingerprint density at radius 3 is 3.00 bits per heavy atom. The van der Waals surface area contributed by atoms with Gasteiger partial charge in [-0.1, -0.05) is 12.1 Å². The van der Waals surface area contributed by atoms with Crippen LogP contribution >= 0.6 is 11.8 Å². The van der Waals surface area contributed by atoms with Crippen molar-refractivity contribution in [3.63, 3.8) is 0 Å². The fourth-order valence-electron chi connectivity index (χ4n) is 3.94. The van der Waals surface area contributed by atoms with Gasteiger partial charge in [-0.3, -0.25) is 9.89 Å². The number of Topliss-reactive ketones (excluding diaryl/α,β-unsaturated/α-hetero) is 1. The molecular formula is C20H16N6O2S. The number of nitrogens with zero attached hydrogens (tertiary/aromatic N) is 2. The molecule has 1 atom stereocenters.